The molecule has 1 heterocycles. The van der Waals surface area contributed by atoms with E-state index in [4.69, 9.17) is 4.42 Å². The largest absolute Gasteiger partial charge is 0.455 e. The molecule has 1 aromatic heterocycles. The minimum absolute atomic E-state index is 0.920. The van der Waals surface area contributed by atoms with Crippen LogP contribution in [-0.4, -0.2) is 0 Å². The monoisotopic (exact) mass is 601 g/mol. The van der Waals surface area contributed by atoms with Crippen LogP contribution >= 0.6 is 0 Å². The van der Waals surface area contributed by atoms with Gasteiger partial charge >= 0.3 is 0 Å². The van der Waals surface area contributed by atoms with E-state index in [0.29, 0.717) is 0 Å². The first-order valence-corrected chi connectivity index (χ1v) is 16.1. The van der Waals surface area contributed by atoms with E-state index in [9.17, 15) is 0 Å². The summed E-state index contributed by atoms with van der Waals surface area (Å²) in [5.74, 6) is 0. The van der Waals surface area contributed by atoms with E-state index in [1.165, 1.54) is 38.2 Å². The summed E-state index contributed by atoms with van der Waals surface area (Å²) in [6.07, 6.45) is 0. The molecular formula is C45H31NO. The lowest BCUT2D eigenvalue weighted by molar-refractivity contribution is 0.670. The van der Waals surface area contributed by atoms with E-state index in [-0.39, 0.29) is 0 Å². The van der Waals surface area contributed by atoms with Crippen molar-refractivity contribution in [3.63, 3.8) is 0 Å². The smallest absolute Gasteiger partial charge is 0.143 e. The number of rotatable bonds is 5. The van der Waals surface area contributed by atoms with Gasteiger partial charge in [0, 0.05) is 33.1 Å². The quantitative estimate of drug-likeness (QED) is 0.195. The predicted molar refractivity (Wildman–Crippen MR) is 199 cm³/mol. The van der Waals surface area contributed by atoms with Crippen LogP contribution in [0.1, 0.15) is 5.56 Å². The molecule has 0 N–H and O–H groups in total. The Hall–Kier alpha value is -6.12. The van der Waals surface area contributed by atoms with Crippen LogP contribution in [0, 0.1) is 6.92 Å². The van der Waals surface area contributed by atoms with Gasteiger partial charge in [-0.25, -0.2) is 0 Å². The highest BCUT2D eigenvalue weighted by atomic mass is 16.3. The fourth-order valence-corrected chi connectivity index (χ4v) is 6.94. The van der Waals surface area contributed by atoms with Crippen molar-refractivity contribution in [1.82, 2.24) is 0 Å². The van der Waals surface area contributed by atoms with Gasteiger partial charge in [-0.2, -0.15) is 0 Å². The van der Waals surface area contributed by atoms with Gasteiger partial charge in [0.05, 0.1) is 5.69 Å². The van der Waals surface area contributed by atoms with Crippen molar-refractivity contribution in [3.8, 4) is 22.3 Å². The van der Waals surface area contributed by atoms with Crippen molar-refractivity contribution < 1.29 is 4.42 Å². The highest BCUT2D eigenvalue weighted by Gasteiger charge is 2.17. The van der Waals surface area contributed by atoms with Crippen LogP contribution in [0.4, 0.5) is 17.1 Å². The molecule has 0 atom stereocenters. The van der Waals surface area contributed by atoms with Crippen molar-refractivity contribution in [3.05, 3.63) is 175 Å². The molecular weight excluding hydrogens is 571 g/mol. The maximum Gasteiger partial charge on any atom is 0.143 e. The molecule has 0 aliphatic heterocycles. The zero-order chi connectivity index (χ0) is 31.3. The van der Waals surface area contributed by atoms with Gasteiger partial charge in [-0.05, 0) is 82.2 Å². The summed E-state index contributed by atoms with van der Waals surface area (Å²) in [5, 5.41) is 7.14. The van der Waals surface area contributed by atoms with Gasteiger partial charge < -0.3 is 9.32 Å². The number of furan rings is 1. The fraction of sp³-hybridized carbons (Fsp3) is 0.0222. The lowest BCUT2D eigenvalue weighted by Gasteiger charge is -2.27. The molecule has 0 unspecified atom stereocenters. The summed E-state index contributed by atoms with van der Waals surface area (Å²) in [6.45, 7) is 2.13. The number of benzene rings is 8. The Morgan fingerprint density at radius 3 is 1.89 bits per heavy atom. The normalized spacial score (nSPS) is 11.5. The molecule has 222 valence electrons. The first-order valence-electron chi connectivity index (χ1n) is 16.1. The van der Waals surface area contributed by atoms with E-state index < -0.39 is 0 Å². The fourth-order valence-electron chi connectivity index (χ4n) is 6.94. The van der Waals surface area contributed by atoms with E-state index in [0.717, 1.165) is 50.1 Å². The van der Waals surface area contributed by atoms with Gasteiger partial charge in [0.25, 0.3) is 0 Å². The third-order valence-electron chi connectivity index (χ3n) is 9.29. The molecule has 2 nitrogen and oxygen atoms in total. The Morgan fingerprint density at radius 2 is 1.09 bits per heavy atom. The van der Waals surface area contributed by atoms with Crippen molar-refractivity contribution in [2.45, 2.75) is 6.92 Å². The summed E-state index contributed by atoms with van der Waals surface area (Å²) in [7, 11) is 0. The van der Waals surface area contributed by atoms with Crippen LogP contribution < -0.4 is 4.90 Å². The maximum absolute atomic E-state index is 6.59. The van der Waals surface area contributed by atoms with Crippen LogP contribution in [0.2, 0.25) is 0 Å². The van der Waals surface area contributed by atoms with Crippen molar-refractivity contribution in [2.75, 3.05) is 4.90 Å². The van der Waals surface area contributed by atoms with Gasteiger partial charge in [-0.15, -0.1) is 0 Å². The Morgan fingerprint density at radius 1 is 0.426 bits per heavy atom. The second kappa shape index (κ2) is 11.0. The van der Waals surface area contributed by atoms with Crippen molar-refractivity contribution in [2.24, 2.45) is 0 Å². The SMILES string of the molecule is Cc1ccc2cc3c(cc2c1)oc1c(-c2ccc(N(c4ccc(-c5ccccc5)cc4)c4cccc5ccccc45)cc2)cccc13. The van der Waals surface area contributed by atoms with E-state index in [1.54, 1.807) is 0 Å². The van der Waals surface area contributed by atoms with Crippen LogP contribution in [0.15, 0.2) is 174 Å². The molecule has 9 aromatic rings. The molecule has 0 radical (unpaired) electrons. The molecule has 0 spiro atoms. The highest BCUT2D eigenvalue weighted by Crippen LogP contribution is 2.42. The number of aryl methyl sites for hydroxylation is 1. The molecule has 0 saturated heterocycles. The van der Waals surface area contributed by atoms with Crippen LogP contribution in [0.25, 0.3) is 65.7 Å². The number of para-hydroxylation sites is 1. The molecule has 0 aliphatic carbocycles. The lowest BCUT2D eigenvalue weighted by Crippen LogP contribution is -2.10. The Balaban J connectivity index is 1.16. The van der Waals surface area contributed by atoms with Crippen LogP contribution in [0.3, 0.4) is 0 Å². The number of nitrogens with zero attached hydrogens (tertiary/aromatic N) is 1. The Bertz CT molecular complexity index is 2560. The lowest BCUT2D eigenvalue weighted by atomic mass is 10.00. The molecule has 9 rings (SSSR count). The topological polar surface area (TPSA) is 16.4 Å². The average Bonchev–Trinajstić information content (AvgIpc) is 3.49. The Kier molecular flexibility index (Phi) is 6.39. The summed E-state index contributed by atoms with van der Waals surface area (Å²) < 4.78 is 6.59. The first-order chi connectivity index (χ1) is 23.2. The molecule has 8 aromatic carbocycles. The summed E-state index contributed by atoms with van der Waals surface area (Å²) in [6, 6.07) is 60.9. The van der Waals surface area contributed by atoms with Crippen molar-refractivity contribution in [1.29, 1.82) is 0 Å². The minimum Gasteiger partial charge on any atom is -0.455 e. The molecule has 0 fully saturated rings. The molecule has 0 amide bonds. The van der Waals surface area contributed by atoms with Crippen molar-refractivity contribution >= 4 is 60.5 Å². The first kappa shape index (κ1) is 27.2. The molecule has 0 aliphatic rings. The third kappa shape index (κ3) is 4.74. The summed E-state index contributed by atoms with van der Waals surface area (Å²) in [4.78, 5) is 2.36. The average molecular weight is 602 g/mol. The van der Waals surface area contributed by atoms with E-state index in [2.05, 4.69) is 182 Å². The van der Waals surface area contributed by atoms with Crippen LogP contribution in [0.5, 0.6) is 0 Å². The molecule has 0 saturated carbocycles. The minimum atomic E-state index is 0.920. The zero-order valence-corrected chi connectivity index (χ0v) is 26.0. The van der Waals surface area contributed by atoms with E-state index >= 15 is 0 Å². The summed E-state index contributed by atoms with van der Waals surface area (Å²) >= 11 is 0. The van der Waals surface area contributed by atoms with Gasteiger partial charge in [-0.1, -0.05) is 133 Å². The Labute approximate surface area is 273 Å². The molecule has 47 heavy (non-hydrogen) atoms. The zero-order valence-electron chi connectivity index (χ0n) is 26.0. The molecule has 2 heteroatoms. The summed E-state index contributed by atoms with van der Waals surface area (Å²) in [5.41, 5.74) is 11.1. The standard InChI is InChI=1S/C45H31NO/c1-30-17-18-35-28-42-41-15-8-14-40(45(41)47-44(42)29-36(35)27-30)34-21-25-38(26-22-34)46(43-16-7-12-33-11-5-6-13-39(33)43)37-23-19-32(20-24-37)31-9-3-2-4-10-31/h2-29H,1H3. The van der Waals surface area contributed by atoms with Gasteiger partial charge in [-0.3, -0.25) is 0 Å². The second-order valence-corrected chi connectivity index (χ2v) is 12.3. The van der Waals surface area contributed by atoms with E-state index in [1.807, 2.05) is 0 Å². The maximum atomic E-state index is 6.59. The van der Waals surface area contributed by atoms with Gasteiger partial charge in [0.2, 0.25) is 0 Å². The number of hydrogen-bond donors (Lipinski definition) is 0. The second-order valence-electron chi connectivity index (χ2n) is 12.3. The predicted octanol–water partition coefficient (Wildman–Crippen LogP) is 13.0. The van der Waals surface area contributed by atoms with Gasteiger partial charge in [0.15, 0.2) is 0 Å². The van der Waals surface area contributed by atoms with Gasteiger partial charge in [0.1, 0.15) is 11.2 Å². The number of hydrogen-bond acceptors (Lipinski definition) is 2. The molecule has 0 bridgehead atoms. The third-order valence-corrected chi connectivity index (χ3v) is 9.29. The number of fused-ring (bicyclic) bond motifs is 5. The number of anilines is 3. The van der Waals surface area contributed by atoms with Crippen LogP contribution in [-0.2, 0) is 0 Å². The highest BCUT2D eigenvalue weighted by molar-refractivity contribution is 6.13.